The van der Waals surface area contributed by atoms with Gasteiger partial charge in [0.15, 0.2) is 0 Å². The van der Waals surface area contributed by atoms with Crippen LogP contribution in [0, 0.1) is 11.8 Å². The summed E-state index contributed by atoms with van der Waals surface area (Å²) in [7, 11) is 0. The monoisotopic (exact) mass is 338 g/mol. The number of ketones is 1. The molecule has 24 heavy (non-hydrogen) atoms. The molecule has 0 atom stereocenters. The Morgan fingerprint density at radius 2 is 1.62 bits per heavy atom. The normalized spacial score (nSPS) is 22.3. The number of hydrogen-bond donors (Lipinski definition) is 1. The van der Waals surface area contributed by atoms with E-state index < -0.39 is 0 Å². The van der Waals surface area contributed by atoms with Gasteiger partial charge in [0, 0.05) is 51.7 Å². The van der Waals surface area contributed by atoms with E-state index in [0.717, 1.165) is 32.1 Å². The largest absolute Gasteiger partial charge is 0.316 e. The zero-order chi connectivity index (χ0) is 17.4. The maximum Gasteiger partial charge on any atom is 0.149 e. The Balaban J connectivity index is 1.58. The van der Waals surface area contributed by atoms with Crippen LogP contribution in [0.3, 0.4) is 0 Å². The van der Waals surface area contributed by atoms with E-state index in [-0.39, 0.29) is 5.92 Å². The van der Waals surface area contributed by atoms with Crippen LogP contribution in [0.4, 0.5) is 0 Å². The van der Waals surface area contributed by atoms with E-state index in [9.17, 15) is 4.79 Å². The van der Waals surface area contributed by atoms with Crippen LogP contribution in [0.2, 0.25) is 0 Å². The van der Waals surface area contributed by atoms with Crippen molar-refractivity contribution in [3.8, 4) is 0 Å². The smallest absolute Gasteiger partial charge is 0.149 e. The lowest BCUT2D eigenvalue weighted by molar-refractivity contribution is -0.123. The van der Waals surface area contributed by atoms with Crippen molar-refractivity contribution >= 4 is 5.78 Å². The molecule has 0 amide bonds. The number of Topliss-reactive ketones (excluding diaryl/α,β-unsaturated/α-hetero) is 1. The average Bonchev–Trinajstić information content (AvgIpc) is 2.58. The maximum atomic E-state index is 11.9. The van der Waals surface area contributed by atoms with E-state index in [4.69, 9.17) is 0 Å². The molecule has 0 unspecified atom stereocenters. The zero-order valence-corrected chi connectivity index (χ0v) is 16.1. The number of likely N-dealkylation sites (N-methyl/N-ethyl adjacent to an activating group) is 1. The van der Waals surface area contributed by atoms with E-state index >= 15 is 0 Å². The lowest BCUT2D eigenvalue weighted by atomic mass is 9.95. The van der Waals surface area contributed by atoms with Gasteiger partial charge in [-0.1, -0.05) is 20.8 Å². The van der Waals surface area contributed by atoms with Crippen LogP contribution in [-0.2, 0) is 4.79 Å². The molecular formula is C19H38N4O. The van der Waals surface area contributed by atoms with Crippen LogP contribution in [0.5, 0.6) is 0 Å². The maximum absolute atomic E-state index is 11.9. The van der Waals surface area contributed by atoms with Crippen LogP contribution in [0.25, 0.3) is 0 Å². The number of carbonyl (C=O) groups is 1. The van der Waals surface area contributed by atoms with Crippen LogP contribution in [0.1, 0.15) is 33.6 Å². The Hall–Kier alpha value is -0.490. The average molecular weight is 339 g/mol. The van der Waals surface area contributed by atoms with Crippen LogP contribution in [0.15, 0.2) is 0 Å². The molecule has 140 valence electrons. The molecule has 2 aliphatic rings. The van der Waals surface area contributed by atoms with Gasteiger partial charge in [-0.15, -0.1) is 0 Å². The molecule has 0 aromatic carbocycles. The van der Waals surface area contributed by atoms with Gasteiger partial charge in [-0.3, -0.25) is 14.6 Å². The number of piperidine rings is 1. The highest BCUT2D eigenvalue weighted by Gasteiger charge is 2.24. The van der Waals surface area contributed by atoms with Crippen molar-refractivity contribution in [2.45, 2.75) is 33.6 Å². The van der Waals surface area contributed by atoms with Gasteiger partial charge >= 0.3 is 0 Å². The molecule has 1 N–H and O–H groups in total. The first kappa shape index (κ1) is 19.8. The molecule has 5 heteroatoms. The van der Waals surface area contributed by atoms with Gasteiger partial charge in [-0.25, -0.2) is 0 Å². The molecule has 2 fully saturated rings. The van der Waals surface area contributed by atoms with E-state index in [1.165, 1.54) is 52.1 Å². The van der Waals surface area contributed by atoms with Gasteiger partial charge in [0.25, 0.3) is 0 Å². The third-order valence-electron chi connectivity index (χ3n) is 5.57. The molecule has 2 heterocycles. The minimum Gasteiger partial charge on any atom is -0.316 e. The number of piperazine rings is 1. The second-order valence-corrected chi connectivity index (χ2v) is 7.84. The highest BCUT2D eigenvalue weighted by atomic mass is 16.1. The Morgan fingerprint density at radius 1 is 1.00 bits per heavy atom. The summed E-state index contributed by atoms with van der Waals surface area (Å²) in [5.41, 5.74) is 0. The van der Waals surface area contributed by atoms with Gasteiger partial charge < -0.3 is 10.2 Å². The zero-order valence-electron chi connectivity index (χ0n) is 16.1. The van der Waals surface area contributed by atoms with Crippen molar-refractivity contribution in [1.29, 1.82) is 0 Å². The molecule has 0 spiro atoms. The Kier molecular flexibility index (Phi) is 8.67. The second kappa shape index (κ2) is 10.5. The molecule has 0 saturated carbocycles. The number of nitrogens with zero attached hydrogens (tertiary/aromatic N) is 3. The lowest BCUT2D eigenvalue weighted by Crippen LogP contribution is -2.50. The first-order chi connectivity index (χ1) is 11.6. The standard InChI is InChI=1S/C19H38N4O/c1-4-20-7-10-21-11-13-23(14-12-21)15-18-5-8-22(9-6-18)16-19(24)17(2)3/h17-18,20H,4-16H2,1-3H3. The fourth-order valence-corrected chi connectivity index (χ4v) is 3.70. The molecule has 2 rings (SSSR count). The summed E-state index contributed by atoms with van der Waals surface area (Å²) in [5.74, 6) is 1.39. The van der Waals surface area contributed by atoms with Gasteiger partial charge in [0.1, 0.15) is 5.78 Å². The Bertz CT molecular complexity index is 358. The van der Waals surface area contributed by atoms with Gasteiger partial charge in [0.05, 0.1) is 6.54 Å². The van der Waals surface area contributed by atoms with Gasteiger partial charge in [-0.2, -0.15) is 0 Å². The third-order valence-corrected chi connectivity index (χ3v) is 5.57. The van der Waals surface area contributed by atoms with Crippen LogP contribution >= 0.6 is 0 Å². The molecule has 0 radical (unpaired) electrons. The molecule has 5 nitrogen and oxygen atoms in total. The highest BCUT2D eigenvalue weighted by Crippen LogP contribution is 2.19. The Labute approximate surface area is 148 Å². The van der Waals surface area contributed by atoms with Crippen molar-refractivity contribution < 1.29 is 4.79 Å². The molecule has 0 aromatic heterocycles. The summed E-state index contributed by atoms with van der Waals surface area (Å²) in [5, 5.41) is 3.41. The third kappa shape index (κ3) is 6.79. The summed E-state index contributed by atoms with van der Waals surface area (Å²) >= 11 is 0. The SMILES string of the molecule is CCNCCN1CCN(CC2CCN(CC(=O)C(C)C)CC2)CC1. The molecule has 2 saturated heterocycles. The van der Waals surface area contributed by atoms with Crippen molar-refractivity contribution in [1.82, 2.24) is 20.0 Å². The predicted molar refractivity (Wildman–Crippen MR) is 100 cm³/mol. The quantitative estimate of drug-likeness (QED) is 0.639. The van der Waals surface area contributed by atoms with Crippen LogP contribution in [-0.4, -0.2) is 92.5 Å². The Morgan fingerprint density at radius 3 is 2.21 bits per heavy atom. The summed E-state index contributed by atoms with van der Waals surface area (Å²) in [6.45, 7) is 18.5. The molecule has 2 aliphatic heterocycles. The summed E-state index contributed by atoms with van der Waals surface area (Å²) in [4.78, 5) is 19.5. The lowest BCUT2D eigenvalue weighted by Gasteiger charge is -2.38. The number of carbonyl (C=O) groups excluding carboxylic acids is 1. The van der Waals surface area contributed by atoms with Crippen molar-refractivity contribution in [3.63, 3.8) is 0 Å². The van der Waals surface area contributed by atoms with Crippen molar-refractivity contribution in [2.24, 2.45) is 11.8 Å². The fraction of sp³-hybridized carbons (Fsp3) is 0.947. The first-order valence-electron chi connectivity index (χ1n) is 9.99. The summed E-state index contributed by atoms with van der Waals surface area (Å²) < 4.78 is 0. The number of nitrogens with one attached hydrogen (secondary N) is 1. The van der Waals surface area contributed by atoms with Gasteiger partial charge in [-0.05, 0) is 38.4 Å². The molecule has 0 aliphatic carbocycles. The first-order valence-corrected chi connectivity index (χ1v) is 9.99. The topological polar surface area (TPSA) is 38.8 Å². The number of likely N-dealkylation sites (tertiary alicyclic amines) is 1. The van der Waals surface area contributed by atoms with Gasteiger partial charge in [0.2, 0.25) is 0 Å². The van der Waals surface area contributed by atoms with E-state index in [1.54, 1.807) is 0 Å². The van der Waals surface area contributed by atoms with Crippen LogP contribution < -0.4 is 5.32 Å². The summed E-state index contributed by atoms with van der Waals surface area (Å²) in [6, 6.07) is 0. The van der Waals surface area contributed by atoms with Crippen molar-refractivity contribution in [3.05, 3.63) is 0 Å². The highest BCUT2D eigenvalue weighted by molar-refractivity contribution is 5.82. The van der Waals surface area contributed by atoms with E-state index in [1.807, 2.05) is 13.8 Å². The predicted octanol–water partition coefficient (Wildman–Crippen LogP) is 1.15. The number of hydrogen-bond acceptors (Lipinski definition) is 5. The van der Waals surface area contributed by atoms with E-state index in [0.29, 0.717) is 12.3 Å². The van der Waals surface area contributed by atoms with Crippen molar-refractivity contribution in [2.75, 3.05) is 72.0 Å². The second-order valence-electron chi connectivity index (χ2n) is 7.84. The molecule has 0 bridgehead atoms. The molecular weight excluding hydrogens is 300 g/mol. The summed E-state index contributed by atoms with van der Waals surface area (Å²) in [6.07, 6.45) is 2.51. The minimum absolute atomic E-state index is 0.173. The number of rotatable bonds is 9. The van der Waals surface area contributed by atoms with E-state index in [2.05, 4.69) is 26.9 Å². The molecule has 0 aromatic rings. The fourth-order valence-electron chi connectivity index (χ4n) is 3.70. The minimum atomic E-state index is 0.173.